The fourth-order valence-electron chi connectivity index (χ4n) is 6.93. The van der Waals surface area contributed by atoms with Gasteiger partial charge < -0.3 is 30.3 Å². The summed E-state index contributed by atoms with van der Waals surface area (Å²) in [6, 6.07) is -3.49. The molecule has 2 aliphatic carbocycles. The third kappa shape index (κ3) is 10.7. The molecule has 1 unspecified atom stereocenters. The summed E-state index contributed by atoms with van der Waals surface area (Å²) in [5, 5.41) is 7.72. The van der Waals surface area contributed by atoms with Crippen LogP contribution in [-0.4, -0.2) is 88.8 Å². The fourth-order valence-corrected chi connectivity index (χ4v) is 6.93. The molecule has 12 nitrogen and oxygen atoms in total. The van der Waals surface area contributed by atoms with Crippen LogP contribution in [0.25, 0.3) is 0 Å². The minimum atomic E-state index is -2.87. The van der Waals surface area contributed by atoms with E-state index in [1.807, 2.05) is 13.8 Å². The number of amides is 4. The van der Waals surface area contributed by atoms with E-state index >= 15 is 0 Å². The average Bonchev–Trinajstić information content (AvgIpc) is 3.27. The topological polar surface area (TPSA) is 160 Å². The Labute approximate surface area is 287 Å². The summed E-state index contributed by atoms with van der Waals surface area (Å²) >= 11 is 0. The molecule has 49 heavy (non-hydrogen) atoms. The minimum absolute atomic E-state index is 0.0105. The Morgan fingerprint density at radius 2 is 1.55 bits per heavy atom. The lowest BCUT2D eigenvalue weighted by Crippen LogP contribution is -2.60. The average molecular weight is 697 g/mol. The van der Waals surface area contributed by atoms with Crippen molar-refractivity contribution in [3.8, 4) is 0 Å². The maximum atomic E-state index is 14.3. The first-order chi connectivity index (χ1) is 22.5. The van der Waals surface area contributed by atoms with Gasteiger partial charge in [0, 0.05) is 25.9 Å². The molecule has 4 amide bonds. The van der Waals surface area contributed by atoms with Gasteiger partial charge in [-0.05, 0) is 90.4 Å². The minimum Gasteiger partial charge on any atom is -0.460 e. The van der Waals surface area contributed by atoms with Crippen molar-refractivity contribution < 1.29 is 47.0 Å². The van der Waals surface area contributed by atoms with Gasteiger partial charge in [-0.15, -0.1) is 6.58 Å². The van der Waals surface area contributed by atoms with Gasteiger partial charge in [0.05, 0.1) is 12.5 Å². The normalized spacial score (nSPS) is 24.0. The molecule has 3 aliphatic rings. The lowest BCUT2D eigenvalue weighted by Gasteiger charge is -2.38. The number of fused-ring (bicyclic) bond motifs is 1. The molecule has 1 aliphatic heterocycles. The molecule has 1 saturated heterocycles. The first-order valence-corrected chi connectivity index (χ1v) is 17.1. The van der Waals surface area contributed by atoms with Crippen molar-refractivity contribution >= 4 is 35.6 Å². The maximum absolute atomic E-state index is 14.3. The number of ketones is 1. The van der Waals surface area contributed by atoms with Crippen LogP contribution in [0.4, 0.5) is 13.6 Å². The molecule has 14 heteroatoms. The lowest BCUT2D eigenvalue weighted by atomic mass is 9.81. The highest BCUT2D eigenvalue weighted by Gasteiger charge is 2.70. The van der Waals surface area contributed by atoms with Crippen molar-refractivity contribution in [2.24, 2.45) is 23.2 Å². The zero-order valence-corrected chi connectivity index (χ0v) is 30.1. The van der Waals surface area contributed by atoms with E-state index in [1.54, 1.807) is 47.6 Å². The van der Waals surface area contributed by atoms with E-state index in [0.29, 0.717) is 6.42 Å². The van der Waals surface area contributed by atoms with Crippen molar-refractivity contribution in [3.05, 3.63) is 12.7 Å². The zero-order chi connectivity index (χ0) is 37.1. The molecule has 3 fully saturated rings. The molecule has 0 aromatic heterocycles. The number of alkyl carbamates (subject to hydrolysis) is 1. The second-order valence-corrected chi connectivity index (χ2v) is 16.1. The quantitative estimate of drug-likeness (QED) is 0.148. The summed E-state index contributed by atoms with van der Waals surface area (Å²) < 4.78 is 38.8. The first kappa shape index (κ1) is 39.9. The SMILES string of the molecule is C=CCCC(NC(=O)[C@@H]1[C@@H]2[C@H](CN1C(=O)[C@@H](NC(=O)OC(C)(C)C)C1CCC(F)(F)CC1)C2(C)C)C(=O)C(=O)NCCC(=O)OC(C)(C)C. The van der Waals surface area contributed by atoms with Gasteiger partial charge in [-0.3, -0.25) is 24.0 Å². The van der Waals surface area contributed by atoms with Crippen LogP contribution in [0.15, 0.2) is 12.7 Å². The second kappa shape index (κ2) is 15.1. The van der Waals surface area contributed by atoms with Crippen molar-refractivity contribution in [2.75, 3.05) is 13.1 Å². The molecule has 3 N–H and O–H groups in total. The zero-order valence-electron chi connectivity index (χ0n) is 30.1. The van der Waals surface area contributed by atoms with E-state index in [4.69, 9.17) is 9.47 Å². The summed E-state index contributed by atoms with van der Waals surface area (Å²) in [5.74, 6) is -7.49. The highest BCUT2D eigenvalue weighted by Crippen LogP contribution is 2.65. The Hall–Kier alpha value is -3.58. The van der Waals surface area contributed by atoms with Crippen LogP contribution >= 0.6 is 0 Å². The number of esters is 1. The Morgan fingerprint density at radius 3 is 2.10 bits per heavy atom. The van der Waals surface area contributed by atoms with Crippen LogP contribution in [0, 0.1) is 23.2 Å². The van der Waals surface area contributed by atoms with E-state index in [0.717, 1.165) is 0 Å². The van der Waals surface area contributed by atoms with Gasteiger partial charge in [0.15, 0.2) is 0 Å². The molecule has 0 aromatic rings. The Bertz CT molecular complexity index is 1300. The van der Waals surface area contributed by atoms with Gasteiger partial charge in [0.1, 0.15) is 23.3 Å². The number of nitrogens with zero attached hydrogens (tertiary/aromatic N) is 1. The molecule has 0 bridgehead atoms. The molecule has 2 saturated carbocycles. The molecule has 1 heterocycles. The number of nitrogens with one attached hydrogen (secondary N) is 3. The number of rotatable bonds is 13. The van der Waals surface area contributed by atoms with Crippen LogP contribution in [0.2, 0.25) is 0 Å². The van der Waals surface area contributed by atoms with Gasteiger partial charge in [-0.2, -0.15) is 0 Å². The van der Waals surface area contributed by atoms with E-state index in [-0.39, 0.29) is 56.0 Å². The number of carbonyl (C=O) groups excluding carboxylic acids is 6. The number of hydrogen-bond acceptors (Lipinski definition) is 8. The number of hydrogen-bond donors (Lipinski definition) is 3. The Kier molecular flexibility index (Phi) is 12.3. The van der Waals surface area contributed by atoms with E-state index < -0.39 is 89.6 Å². The third-order valence-electron chi connectivity index (χ3n) is 9.48. The van der Waals surface area contributed by atoms with E-state index in [2.05, 4.69) is 22.5 Å². The monoisotopic (exact) mass is 696 g/mol. The van der Waals surface area contributed by atoms with Crippen LogP contribution in [-0.2, 0) is 33.4 Å². The molecule has 0 radical (unpaired) electrons. The number of alkyl halides is 2. The number of Topliss-reactive ketones (excluding diaryl/α,β-unsaturated/α-hetero) is 1. The first-order valence-electron chi connectivity index (χ1n) is 17.1. The summed E-state index contributed by atoms with van der Waals surface area (Å²) in [4.78, 5) is 80.6. The molecule has 0 aromatic carbocycles. The van der Waals surface area contributed by atoms with Crippen molar-refractivity contribution in [2.45, 2.75) is 136 Å². The predicted octanol–water partition coefficient (Wildman–Crippen LogP) is 4.06. The van der Waals surface area contributed by atoms with Crippen molar-refractivity contribution in [1.82, 2.24) is 20.9 Å². The number of allylic oxidation sites excluding steroid dienone is 1. The highest BCUT2D eigenvalue weighted by molar-refractivity contribution is 6.38. The molecule has 5 atom stereocenters. The van der Waals surface area contributed by atoms with Gasteiger partial charge in [0.25, 0.3) is 5.91 Å². The van der Waals surface area contributed by atoms with Crippen LogP contribution in [0.5, 0.6) is 0 Å². The summed E-state index contributed by atoms with van der Waals surface area (Å²) in [5.41, 5.74) is -1.90. The van der Waals surface area contributed by atoms with Gasteiger partial charge in [0.2, 0.25) is 23.5 Å². The van der Waals surface area contributed by atoms with Crippen LogP contribution in [0.1, 0.15) is 100 Å². The highest BCUT2D eigenvalue weighted by atomic mass is 19.3. The number of piperidine rings is 1. The predicted molar refractivity (Wildman–Crippen MR) is 176 cm³/mol. The molecular formula is C35H54F2N4O8. The third-order valence-corrected chi connectivity index (χ3v) is 9.48. The fraction of sp³-hybridized carbons (Fsp3) is 0.771. The second-order valence-electron chi connectivity index (χ2n) is 16.1. The molecule has 0 spiro atoms. The number of carbonyl (C=O) groups is 6. The number of halogens is 2. The number of likely N-dealkylation sites (tertiary alicyclic amines) is 1. The van der Waals surface area contributed by atoms with Crippen molar-refractivity contribution in [3.63, 3.8) is 0 Å². The smallest absolute Gasteiger partial charge is 0.408 e. The maximum Gasteiger partial charge on any atom is 0.408 e. The van der Waals surface area contributed by atoms with Gasteiger partial charge in [-0.1, -0.05) is 19.9 Å². The van der Waals surface area contributed by atoms with E-state index in [9.17, 15) is 37.5 Å². The Morgan fingerprint density at radius 1 is 0.959 bits per heavy atom. The van der Waals surface area contributed by atoms with Crippen LogP contribution in [0.3, 0.4) is 0 Å². The summed E-state index contributed by atoms with van der Waals surface area (Å²) in [6.45, 7) is 17.8. The lowest BCUT2D eigenvalue weighted by molar-refractivity contribution is -0.154. The molecule has 3 rings (SSSR count). The Balaban J connectivity index is 1.80. The molecule has 276 valence electrons. The summed E-state index contributed by atoms with van der Waals surface area (Å²) in [7, 11) is 0. The number of ether oxygens (including phenoxy) is 2. The molecular weight excluding hydrogens is 642 g/mol. The van der Waals surface area contributed by atoms with Crippen LogP contribution < -0.4 is 16.0 Å². The van der Waals surface area contributed by atoms with Crippen molar-refractivity contribution in [1.29, 1.82) is 0 Å². The summed E-state index contributed by atoms with van der Waals surface area (Å²) in [6.07, 6.45) is -0.0351. The largest absolute Gasteiger partial charge is 0.460 e. The van der Waals surface area contributed by atoms with Gasteiger partial charge >= 0.3 is 12.1 Å². The van der Waals surface area contributed by atoms with Gasteiger partial charge in [-0.25, -0.2) is 13.6 Å². The standard InChI is InChI=1S/C35H54F2N4O8/c1-10-11-12-22(27(43)29(45)38-18-15-23(42)48-32(2,3)4)39-28(44)26-24-21(34(24,8)9)19-41(26)30(46)25(40-31(47)49-33(5,6)7)20-13-16-35(36,37)17-14-20/h10,20-22,24-26H,1,11-19H2,2-9H3,(H,38,45)(H,39,44)(H,40,47)/t21-,22?,24-,25-,26-/m0/s1. The van der Waals surface area contributed by atoms with E-state index in [1.165, 1.54) is 4.90 Å².